The molecule has 2 aromatic heterocycles. The van der Waals surface area contributed by atoms with Gasteiger partial charge < -0.3 is 0 Å². The maximum atomic E-state index is 6.03. The molecule has 0 aliphatic rings. The van der Waals surface area contributed by atoms with Crippen LogP contribution in [0.3, 0.4) is 0 Å². The molecule has 0 spiro atoms. The van der Waals surface area contributed by atoms with E-state index in [1.54, 1.807) is 11.3 Å². The predicted molar refractivity (Wildman–Crippen MR) is 69.1 cm³/mol. The van der Waals surface area contributed by atoms with Gasteiger partial charge in [-0.25, -0.2) is 9.97 Å². The molecule has 2 rings (SSSR count). The van der Waals surface area contributed by atoms with Gasteiger partial charge in [-0.15, -0.1) is 11.3 Å². The highest BCUT2D eigenvalue weighted by Gasteiger charge is 2.19. The first-order valence-corrected chi connectivity index (χ1v) is 6.31. The summed E-state index contributed by atoms with van der Waals surface area (Å²) in [6.45, 7) is 6.24. The Labute approximate surface area is 104 Å². The number of nitrogens with zero attached hydrogens (tertiary/aromatic N) is 2. The summed E-state index contributed by atoms with van der Waals surface area (Å²) < 4.78 is 0. The van der Waals surface area contributed by atoms with Gasteiger partial charge in [0.25, 0.3) is 0 Å². The summed E-state index contributed by atoms with van der Waals surface area (Å²) in [4.78, 5) is 9.96. The number of aromatic nitrogens is 2. The number of thiophene rings is 1. The van der Waals surface area contributed by atoms with Gasteiger partial charge in [-0.3, -0.25) is 0 Å². The van der Waals surface area contributed by atoms with E-state index >= 15 is 0 Å². The number of hydrogen-bond donors (Lipinski definition) is 0. The Morgan fingerprint density at radius 2 is 2.00 bits per heavy atom. The monoisotopic (exact) mass is 252 g/mol. The largest absolute Gasteiger partial charge is 0.231 e. The van der Waals surface area contributed by atoms with Gasteiger partial charge in [0.05, 0.1) is 10.6 Å². The highest BCUT2D eigenvalue weighted by atomic mass is 35.5. The van der Waals surface area contributed by atoms with Gasteiger partial charge in [0.1, 0.15) is 11.0 Å². The maximum Gasteiger partial charge on any atom is 0.136 e. The van der Waals surface area contributed by atoms with Crippen molar-refractivity contribution in [1.82, 2.24) is 9.97 Å². The molecule has 0 unspecified atom stereocenters. The Balaban J connectivity index is 2.53. The lowest BCUT2D eigenvalue weighted by atomic mass is 9.95. The van der Waals surface area contributed by atoms with E-state index in [4.69, 9.17) is 11.6 Å². The first kappa shape index (κ1) is 11.6. The zero-order chi connectivity index (χ0) is 11.8. The average Bonchev–Trinajstić information content (AvgIpc) is 2.68. The molecule has 0 saturated heterocycles. The molecule has 2 nitrogen and oxygen atoms in total. The minimum atomic E-state index is -0.0864. The smallest absolute Gasteiger partial charge is 0.136 e. The molecule has 0 amide bonds. The second-order valence-electron chi connectivity index (χ2n) is 4.63. The molecule has 16 heavy (non-hydrogen) atoms. The van der Waals surface area contributed by atoms with Gasteiger partial charge in [-0.2, -0.15) is 0 Å². The molecule has 84 valence electrons. The van der Waals surface area contributed by atoms with Crippen LogP contribution in [0.2, 0.25) is 5.15 Å². The van der Waals surface area contributed by atoms with Crippen molar-refractivity contribution in [2.45, 2.75) is 26.2 Å². The fourth-order valence-corrected chi connectivity index (χ4v) is 2.17. The molecule has 0 aromatic carbocycles. The van der Waals surface area contributed by atoms with Crippen LogP contribution in [-0.2, 0) is 5.41 Å². The Bertz CT molecular complexity index is 486. The first-order chi connectivity index (χ1) is 7.47. The predicted octanol–water partition coefficient (Wildman–Crippen LogP) is 4.16. The Morgan fingerprint density at radius 3 is 2.56 bits per heavy atom. The first-order valence-electron chi connectivity index (χ1n) is 5.06. The molecule has 4 heteroatoms. The van der Waals surface area contributed by atoms with E-state index in [9.17, 15) is 0 Å². The van der Waals surface area contributed by atoms with Crippen LogP contribution in [0.25, 0.3) is 10.6 Å². The summed E-state index contributed by atoms with van der Waals surface area (Å²) in [6, 6.07) is 5.85. The summed E-state index contributed by atoms with van der Waals surface area (Å²) in [5.41, 5.74) is 0.816. The molecule has 2 aromatic rings. The molecular weight excluding hydrogens is 240 g/mol. The van der Waals surface area contributed by atoms with E-state index < -0.39 is 0 Å². The van der Waals surface area contributed by atoms with E-state index in [1.165, 1.54) is 0 Å². The van der Waals surface area contributed by atoms with Crippen molar-refractivity contribution in [1.29, 1.82) is 0 Å². The van der Waals surface area contributed by atoms with Crippen molar-refractivity contribution in [3.63, 3.8) is 0 Å². The van der Waals surface area contributed by atoms with Gasteiger partial charge in [0, 0.05) is 11.5 Å². The fraction of sp³-hybridized carbons (Fsp3) is 0.333. The number of rotatable bonds is 1. The molecule has 0 bridgehead atoms. The molecule has 0 fully saturated rings. The van der Waals surface area contributed by atoms with E-state index in [0.717, 1.165) is 16.4 Å². The van der Waals surface area contributed by atoms with Crippen LogP contribution in [0.1, 0.15) is 26.6 Å². The van der Waals surface area contributed by atoms with Gasteiger partial charge >= 0.3 is 0 Å². The summed E-state index contributed by atoms with van der Waals surface area (Å²) in [5, 5.41) is 2.53. The quantitative estimate of drug-likeness (QED) is 0.713. The minimum absolute atomic E-state index is 0.0864. The van der Waals surface area contributed by atoms with E-state index in [-0.39, 0.29) is 5.41 Å². The van der Waals surface area contributed by atoms with Crippen LogP contribution < -0.4 is 0 Å². The maximum absolute atomic E-state index is 6.03. The zero-order valence-corrected chi connectivity index (χ0v) is 11.1. The Kier molecular flexibility index (Phi) is 3.00. The molecule has 0 atom stereocenters. The van der Waals surface area contributed by atoms with E-state index in [1.807, 2.05) is 23.6 Å². The lowest BCUT2D eigenvalue weighted by Crippen LogP contribution is -2.16. The standard InChI is InChI=1S/C12H13ClN2S/c1-12(2,3)11-14-8(7-10(13)15-11)9-5-4-6-16-9/h4-7H,1-3H3. The van der Waals surface area contributed by atoms with Crippen molar-refractivity contribution in [2.75, 3.05) is 0 Å². The number of halogens is 1. The third kappa shape index (κ3) is 2.42. The second-order valence-corrected chi connectivity index (χ2v) is 5.96. The van der Waals surface area contributed by atoms with Gasteiger partial charge in [-0.1, -0.05) is 38.4 Å². The van der Waals surface area contributed by atoms with E-state index in [2.05, 4.69) is 30.7 Å². The zero-order valence-electron chi connectivity index (χ0n) is 9.49. The van der Waals surface area contributed by atoms with Gasteiger partial charge in [0.15, 0.2) is 0 Å². The lowest BCUT2D eigenvalue weighted by Gasteiger charge is -2.17. The molecule has 2 heterocycles. The molecule has 0 radical (unpaired) electrons. The minimum Gasteiger partial charge on any atom is -0.231 e. The second kappa shape index (κ2) is 4.15. The summed E-state index contributed by atoms with van der Waals surface area (Å²) in [5.74, 6) is 0.781. The van der Waals surface area contributed by atoms with Crippen molar-refractivity contribution in [3.8, 4) is 10.6 Å². The fourth-order valence-electron chi connectivity index (χ4n) is 1.30. The summed E-state index contributed by atoms with van der Waals surface area (Å²) in [6.07, 6.45) is 0. The van der Waals surface area contributed by atoms with Crippen molar-refractivity contribution in [3.05, 3.63) is 34.6 Å². The summed E-state index contributed by atoms with van der Waals surface area (Å²) in [7, 11) is 0. The van der Waals surface area contributed by atoms with Crippen LogP contribution in [0.4, 0.5) is 0 Å². The van der Waals surface area contributed by atoms with Crippen LogP contribution in [0.5, 0.6) is 0 Å². The van der Waals surface area contributed by atoms with Crippen LogP contribution >= 0.6 is 22.9 Å². The Morgan fingerprint density at radius 1 is 1.25 bits per heavy atom. The van der Waals surface area contributed by atoms with Crippen molar-refractivity contribution in [2.24, 2.45) is 0 Å². The van der Waals surface area contributed by atoms with Gasteiger partial charge in [-0.05, 0) is 11.4 Å². The summed E-state index contributed by atoms with van der Waals surface area (Å²) >= 11 is 7.68. The molecule has 0 N–H and O–H groups in total. The van der Waals surface area contributed by atoms with Crippen LogP contribution in [0.15, 0.2) is 23.6 Å². The normalized spacial score (nSPS) is 11.8. The number of hydrogen-bond acceptors (Lipinski definition) is 3. The third-order valence-corrected chi connectivity index (χ3v) is 3.23. The SMILES string of the molecule is CC(C)(C)c1nc(Cl)cc(-c2cccs2)n1. The highest BCUT2D eigenvalue weighted by Crippen LogP contribution is 2.27. The van der Waals surface area contributed by atoms with Crippen LogP contribution in [0, 0.1) is 0 Å². The topological polar surface area (TPSA) is 25.8 Å². The molecule has 0 aliphatic heterocycles. The lowest BCUT2D eigenvalue weighted by molar-refractivity contribution is 0.546. The Hall–Kier alpha value is -0.930. The van der Waals surface area contributed by atoms with Crippen LogP contribution in [-0.4, -0.2) is 9.97 Å². The molecule has 0 saturated carbocycles. The molecule has 0 aliphatic carbocycles. The third-order valence-electron chi connectivity index (χ3n) is 2.14. The van der Waals surface area contributed by atoms with Crippen molar-refractivity contribution >= 4 is 22.9 Å². The van der Waals surface area contributed by atoms with E-state index in [0.29, 0.717) is 5.15 Å². The molecular formula is C12H13ClN2S. The highest BCUT2D eigenvalue weighted by molar-refractivity contribution is 7.13. The van der Waals surface area contributed by atoms with Gasteiger partial charge in [0.2, 0.25) is 0 Å². The van der Waals surface area contributed by atoms with Crippen molar-refractivity contribution < 1.29 is 0 Å². The average molecular weight is 253 g/mol.